The molecule has 0 fully saturated rings. The third-order valence-electron chi connectivity index (χ3n) is 3.88. The molecule has 0 aliphatic heterocycles. The Hall–Kier alpha value is -1.85. The van der Waals surface area contributed by atoms with E-state index in [9.17, 15) is 4.79 Å². The SMILES string of the molecule is CNC(C)CNC(=O)Cc1c(C)nn(-c2ccccc2)c1C.Cl. The summed E-state index contributed by atoms with van der Waals surface area (Å²) in [6.07, 6.45) is 0.362. The van der Waals surface area contributed by atoms with Gasteiger partial charge >= 0.3 is 0 Å². The van der Waals surface area contributed by atoms with Gasteiger partial charge in [-0.15, -0.1) is 12.4 Å². The van der Waals surface area contributed by atoms with Crippen LogP contribution in [0.3, 0.4) is 0 Å². The molecule has 0 saturated carbocycles. The van der Waals surface area contributed by atoms with Crippen LogP contribution in [-0.2, 0) is 11.2 Å². The second kappa shape index (κ2) is 8.70. The lowest BCUT2D eigenvalue weighted by atomic mass is 10.1. The van der Waals surface area contributed by atoms with Crippen LogP contribution in [0.4, 0.5) is 0 Å². The van der Waals surface area contributed by atoms with Gasteiger partial charge in [0.15, 0.2) is 0 Å². The Morgan fingerprint density at radius 3 is 2.52 bits per heavy atom. The molecule has 2 aromatic rings. The third-order valence-corrected chi connectivity index (χ3v) is 3.88. The van der Waals surface area contributed by atoms with Gasteiger partial charge < -0.3 is 10.6 Å². The molecule has 1 heterocycles. The summed E-state index contributed by atoms with van der Waals surface area (Å²) >= 11 is 0. The molecule has 23 heavy (non-hydrogen) atoms. The molecule has 1 aromatic carbocycles. The molecule has 1 atom stereocenters. The lowest BCUT2D eigenvalue weighted by Crippen LogP contribution is -2.37. The monoisotopic (exact) mass is 336 g/mol. The summed E-state index contributed by atoms with van der Waals surface area (Å²) in [6, 6.07) is 10.2. The summed E-state index contributed by atoms with van der Waals surface area (Å²) in [7, 11) is 1.88. The predicted octanol–water partition coefficient (Wildman–Crippen LogP) is 2.18. The summed E-state index contributed by atoms with van der Waals surface area (Å²) in [5, 5.41) is 10.6. The van der Waals surface area contributed by atoms with Gasteiger partial charge in [-0.05, 0) is 40.0 Å². The first-order valence-electron chi connectivity index (χ1n) is 7.57. The Morgan fingerprint density at radius 1 is 1.26 bits per heavy atom. The van der Waals surface area contributed by atoms with Crippen LogP contribution in [0.25, 0.3) is 5.69 Å². The van der Waals surface area contributed by atoms with Gasteiger partial charge in [-0.1, -0.05) is 18.2 Å². The normalized spacial score (nSPS) is 11.7. The highest BCUT2D eigenvalue weighted by Gasteiger charge is 2.16. The minimum absolute atomic E-state index is 0. The van der Waals surface area contributed by atoms with E-state index in [0.717, 1.165) is 22.6 Å². The maximum absolute atomic E-state index is 12.1. The van der Waals surface area contributed by atoms with Crippen molar-refractivity contribution in [3.63, 3.8) is 0 Å². The van der Waals surface area contributed by atoms with E-state index in [1.807, 2.05) is 62.8 Å². The van der Waals surface area contributed by atoms with E-state index in [1.54, 1.807) is 0 Å². The molecule has 0 aliphatic rings. The zero-order valence-corrected chi connectivity index (χ0v) is 14.9. The van der Waals surface area contributed by atoms with Crippen molar-refractivity contribution in [1.29, 1.82) is 0 Å². The van der Waals surface area contributed by atoms with Crippen molar-refractivity contribution in [3.8, 4) is 5.69 Å². The standard InChI is InChI=1S/C17H24N4O.ClH/c1-12(18-4)11-19-17(22)10-16-13(2)20-21(14(16)3)15-8-6-5-7-9-15;/h5-9,12,18H,10-11H2,1-4H3,(H,19,22);1H. The lowest BCUT2D eigenvalue weighted by Gasteiger charge is -2.11. The Balaban J connectivity index is 0.00000264. The minimum atomic E-state index is 0. The maximum Gasteiger partial charge on any atom is 0.224 e. The van der Waals surface area contributed by atoms with Crippen LogP contribution >= 0.6 is 12.4 Å². The Morgan fingerprint density at radius 2 is 1.91 bits per heavy atom. The first-order chi connectivity index (χ1) is 10.5. The number of hydrogen-bond donors (Lipinski definition) is 2. The highest BCUT2D eigenvalue weighted by molar-refractivity contribution is 5.85. The highest BCUT2D eigenvalue weighted by Crippen LogP contribution is 2.18. The molecule has 1 amide bonds. The Labute approximate surface area is 143 Å². The fourth-order valence-electron chi connectivity index (χ4n) is 2.34. The van der Waals surface area contributed by atoms with Gasteiger partial charge in [0.25, 0.3) is 0 Å². The Bertz CT molecular complexity index is 640. The smallest absolute Gasteiger partial charge is 0.224 e. The van der Waals surface area contributed by atoms with Crippen LogP contribution in [-0.4, -0.2) is 35.3 Å². The molecule has 2 rings (SSSR count). The molecule has 0 spiro atoms. The molecule has 6 heteroatoms. The van der Waals surface area contributed by atoms with E-state index < -0.39 is 0 Å². The number of hydrogen-bond acceptors (Lipinski definition) is 3. The number of benzene rings is 1. The van der Waals surface area contributed by atoms with Crippen molar-refractivity contribution >= 4 is 18.3 Å². The van der Waals surface area contributed by atoms with Crippen molar-refractivity contribution in [3.05, 3.63) is 47.3 Å². The molecule has 126 valence electrons. The molecule has 5 nitrogen and oxygen atoms in total. The molecular weight excluding hydrogens is 312 g/mol. The largest absolute Gasteiger partial charge is 0.354 e. The van der Waals surface area contributed by atoms with Crippen molar-refractivity contribution in [1.82, 2.24) is 20.4 Å². The number of amides is 1. The van der Waals surface area contributed by atoms with E-state index in [1.165, 1.54) is 0 Å². The van der Waals surface area contributed by atoms with E-state index in [0.29, 0.717) is 13.0 Å². The molecular formula is C17H25ClN4O. The summed E-state index contributed by atoms with van der Waals surface area (Å²) in [5.41, 5.74) is 3.93. The molecule has 2 N–H and O–H groups in total. The van der Waals surface area contributed by atoms with Gasteiger partial charge in [-0.2, -0.15) is 5.10 Å². The topological polar surface area (TPSA) is 58.9 Å². The zero-order chi connectivity index (χ0) is 16.1. The number of nitrogens with zero attached hydrogens (tertiary/aromatic N) is 2. The number of para-hydroxylation sites is 1. The van der Waals surface area contributed by atoms with Gasteiger partial charge in [-0.25, -0.2) is 4.68 Å². The first-order valence-corrected chi connectivity index (χ1v) is 7.57. The number of aryl methyl sites for hydroxylation is 1. The number of nitrogens with one attached hydrogen (secondary N) is 2. The summed E-state index contributed by atoms with van der Waals surface area (Å²) < 4.78 is 1.90. The second-order valence-corrected chi connectivity index (χ2v) is 5.57. The maximum atomic E-state index is 12.1. The van der Waals surface area contributed by atoms with Crippen molar-refractivity contribution < 1.29 is 4.79 Å². The van der Waals surface area contributed by atoms with E-state index in [2.05, 4.69) is 15.7 Å². The average Bonchev–Trinajstić information content (AvgIpc) is 2.81. The number of rotatable bonds is 6. The average molecular weight is 337 g/mol. The van der Waals surface area contributed by atoms with Crippen molar-refractivity contribution in [2.75, 3.05) is 13.6 Å². The van der Waals surface area contributed by atoms with Gasteiger partial charge in [-0.3, -0.25) is 4.79 Å². The Kier molecular flexibility index (Phi) is 7.26. The summed E-state index contributed by atoms with van der Waals surface area (Å²) in [5.74, 6) is 0.0286. The van der Waals surface area contributed by atoms with Crippen LogP contribution in [0.2, 0.25) is 0 Å². The molecule has 0 aliphatic carbocycles. The van der Waals surface area contributed by atoms with E-state index in [4.69, 9.17) is 0 Å². The van der Waals surface area contributed by atoms with Crippen molar-refractivity contribution in [2.45, 2.75) is 33.2 Å². The van der Waals surface area contributed by atoms with Gasteiger partial charge in [0.05, 0.1) is 17.8 Å². The zero-order valence-electron chi connectivity index (χ0n) is 14.1. The first kappa shape index (κ1) is 19.2. The van der Waals surface area contributed by atoms with Gasteiger partial charge in [0.2, 0.25) is 5.91 Å². The summed E-state index contributed by atoms with van der Waals surface area (Å²) in [4.78, 5) is 12.1. The van der Waals surface area contributed by atoms with Gasteiger partial charge in [0, 0.05) is 23.8 Å². The fraction of sp³-hybridized carbons (Fsp3) is 0.412. The quantitative estimate of drug-likeness (QED) is 0.850. The van der Waals surface area contributed by atoms with E-state index in [-0.39, 0.29) is 24.4 Å². The van der Waals surface area contributed by atoms with E-state index >= 15 is 0 Å². The van der Waals surface area contributed by atoms with Crippen LogP contribution in [0.5, 0.6) is 0 Å². The molecule has 0 radical (unpaired) electrons. The number of carbonyl (C=O) groups excluding carboxylic acids is 1. The molecule has 1 unspecified atom stereocenters. The third kappa shape index (κ3) is 4.81. The van der Waals surface area contributed by atoms with Crippen LogP contribution in [0, 0.1) is 13.8 Å². The number of aromatic nitrogens is 2. The van der Waals surface area contributed by atoms with Crippen LogP contribution < -0.4 is 10.6 Å². The number of halogens is 1. The minimum Gasteiger partial charge on any atom is -0.354 e. The molecule has 0 bridgehead atoms. The van der Waals surface area contributed by atoms with Crippen LogP contribution in [0.15, 0.2) is 30.3 Å². The number of likely N-dealkylation sites (N-methyl/N-ethyl adjacent to an activating group) is 1. The second-order valence-electron chi connectivity index (χ2n) is 5.57. The van der Waals surface area contributed by atoms with Crippen LogP contribution in [0.1, 0.15) is 23.9 Å². The highest BCUT2D eigenvalue weighted by atomic mass is 35.5. The molecule has 1 aromatic heterocycles. The lowest BCUT2D eigenvalue weighted by molar-refractivity contribution is -0.120. The summed E-state index contributed by atoms with van der Waals surface area (Å²) in [6.45, 7) is 6.61. The number of carbonyl (C=O) groups is 1. The van der Waals surface area contributed by atoms with Crippen molar-refractivity contribution in [2.24, 2.45) is 0 Å². The predicted molar refractivity (Wildman–Crippen MR) is 95.5 cm³/mol. The van der Waals surface area contributed by atoms with Gasteiger partial charge in [0.1, 0.15) is 0 Å². The fourth-order valence-corrected chi connectivity index (χ4v) is 2.34. The molecule has 0 saturated heterocycles.